The molecule has 1 aromatic carbocycles. The number of carbonyl (C=O) groups is 2. The van der Waals surface area contributed by atoms with E-state index >= 15 is 0 Å². The molecule has 0 saturated heterocycles. The molecule has 0 aromatic heterocycles. The van der Waals surface area contributed by atoms with Gasteiger partial charge < -0.3 is 20.1 Å². The summed E-state index contributed by atoms with van der Waals surface area (Å²) >= 11 is 0. The highest BCUT2D eigenvalue weighted by molar-refractivity contribution is 5.82. The first-order chi connectivity index (χ1) is 9.66. The van der Waals surface area contributed by atoms with Crippen molar-refractivity contribution >= 4 is 17.6 Å². The number of benzene rings is 1. The molecule has 108 valence electrons. The monoisotopic (exact) mass is 278 g/mol. The molecule has 0 atom stereocenters. The Hall–Kier alpha value is -2.08. The predicted molar refractivity (Wildman–Crippen MR) is 73.8 cm³/mol. The fourth-order valence-electron chi connectivity index (χ4n) is 2.22. The van der Waals surface area contributed by atoms with Crippen LogP contribution >= 0.6 is 0 Å². The highest BCUT2D eigenvalue weighted by Crippen LogP contribution is 2.26. The highest BCUT2D eigenvalue weighted by Gasteiger charge is 2.20. The number of fused-ring (bicyclic) bond motifs is 1. The normalized spacial score (nSPS) is 13.1. The van der Waals surface area contributed by atoms with Gasteiger partial charge in [0.25, 0.3) is 0 Å². The van der Waals surface area contributed by atoms with Crippen LogP contribution in [-0.4, -0.2) is 49.8 Å². The van der Waals surface area contributed by atoms with Gasteiger partial charge in [0.2, 0.25) is 5.91 Å². The Morgan fingerprint density at radius 2 is 2.15 bits per heavy atom. The topological polar surface area (TPSA) is 78.9 Å². The van der Waals surface area contributed by atoms with Crippen LogP contribution < -0.4 is 10.2 Å². The molecule has 20 heavy (non-hydrogen) atoms. The molecule has 1 aliphatic rings. The van der Waals surface area contributed by atoms with Crippen LogP contribution in [0.2, 0.25) is 0 Å². The van der Waals surface area contributed by atoms with Crippen LogP contribution in [0.25, 0.3) is 0 Å². The zero-order chi connectivity index (χ0) is 14.4. The van der Waals surface area contributed by atoms with E-state index in [-0.39, 0.29) is 19.1 Å². The molecule has 0 spiro atoms. The van der Waals surface area contributed by atoms with Gasteiger partial charge in [0.05, 0.1) is 13.2 Å². The third-order valence-corrected chi connectivity index (χ3v) is 3.11. The van der Waals surface area contributed by atoms with Crippen LogP contribution in [0.4, 0.5) is 5.69 Å². The molecular formula is C14H18N2O4. The maximum atomic E-state index is 11.8. The van der Waals surface area contributed by atoms with E-state index in [1.807, 2.05) is 23.1 Å². The lowest BCUT2D eigenvalue weighted by atomic mass is 10.2. The summed E-state index contributed by atoms with van der Waals surface area (Å²) in [7, 11) is 0. The standard InChI is InChI=1S/C14H18N2O4/c17-13(15-6-8-20-10-14(18)19)9-16-7-5-11-3-1-2-4-12(11)16/h1-4H,5-10H2,(H,15,17)(H,18,19). The molecule has 0 radical (unpaired) electrons. The minimum atomic E-state index is -1.01. The summed E-state index contributed by atoms with van der Waals surface area (Å²) in [6.45, 7) is 1.35. The zero-order valence-electron chi connectivity index (χ0n) is 11.2. The summed E-state index contributed by atoms with van der Waals surface area (Å²) in [4.78, 5) is 24.0. The molecule has 0 fully saturated rings. The average molecular weight is 278 g/mol. The number of nitrogens with zero attached hydrogens (tertiary/aromatic N) is 1. The molecule has 6 heteroatoms. The summed E-state index contributed by atoms with van der Waals surface area (Å²) < 4.78 is 4.84. The first-order valence-electron chi connectivity index (χ1n) is 6.56. The predicted octanol–water partition coefficient (Wildman–Crippen LogP) is 0.267. The Labute approximate surface area is 117 Å². The molecule has 2 N–H and O–H groups in total. The number of carbonyl (C=O) groups excluding carboxylic acids is 1. The number of ether oxygens (including phenoxy) is 1. The number of hydrogen-bond donors (Lipinski definition) is 2. The van der Waals surface area contributed by atoms with Gasteiger partial charge in [0.1, 0.15) is 6.61 Å². The quantitative estimate of drug-likeness (QED) is 0.700. The number of carboxylic acid groups (broad SMARTS) is 1. The SMILES string of the molecule is O=C(O)COCCNC(=O)CN1CCc2ccccc21. The highest BCUT2D eigenvalue weighted by atomic mass is 16.5. The molecule has 1 heterocycles. The van der Waals surface area contributed by atoms with Gasteiger partial charge in [0, 0.05) is 18.8 Å². The van der Waals surface area contributed by atoms with Gasteiger partial charge in [-0.2, -0.15) is 0 Å². The largest absolute Gasteiger partial charge is 0.480 e. The fourth-order valence-corrected chi connectivity index (χ4v) is 2.22. The molecule has 1 amide bonds. The van der Waals surface area contributed by atoms with E-state index in [0.29, 0.717) is 13.1 Å². The molecule has 6 nitrogen and oxygen atoms in total. The van der Waals surface area contributed by atoms with Crippen molar-refractivity contribution < 1.29 is 19.4 Å². The lowest BCUT2D eigenvalue weighted by Crippen LogP contribution is -2.38. The van der Waals surface area contributed by atoms with Crippen molar-refractivity contribution in [3.8, 4) is 0 Å². The van der Waals surface area contributed by atoms with Crippen molar-refractivity contribution in [2.75, 3.05) is 37.7 Å². The van der Waals surface area contributed by atoms with Crippen molar-refractivity contribution in [2.45, 2.75) is 6.42 Å². The van der Waals surface area contributed by atoms with E-state index in [1.165, 1.54) is 5.56 Å². The van der Waals surface area contributed by atoms with Crippen LogP contribution in [-0.2, 0) is 20.7 Å². The Bertz CT molecular complexity index is 490. The molecule has 0 saturated carbocycles. The van der Waals surface area contributed by atoms with Gasteiger partial charge in [-0.3, -0.25) is 4.79 Å². The number of carboxylic acids is 1. The van der Waals surface area contributed by atoms with Crippen LogP contribution in [0.15, 0.2) is 24.3 Å². The Kier molecular flexibility index (Phi) is 4.95. The number of hydrogen-bond acceptors (Lipinski definition) is 4. The van der Waals surface area contributed by atoms with Gasteiger partial charge in [-0.05, 0) is 18.1 Å². The van der Waals surface area contributed by atoms with Gasteiger partial charge in [-0.1, -0.05) is 18.2 Å². The third kappa shape index (κ3) is 3.96. The summed E-state index contributed by atoms with van der Waals surface area (Å²) in [5.74, 6) is -1.09. The van der Waals surface area contributed by atoms with Crippen molar-refractivity contribution in [3.05, 3.63) is 29.8 Å². The molecule has 2 rings (SSSR count). The van der Waals surface area contributed by atoms with Crippen molar-refractivity contribution in [1.29, 1.82) is 0 Å². The molecule has 0 bridgehead atoms. The minimum absolute atomic E-state index is 0.0828. The summed E-state index contributed by atoms with van der Waals surface area (Å²) in [5, 5.41) is 11.1. The summed E-state index contributed by atoms with van der Waals surface area (Å²) in [5.41, 5.74) is 2.38. The average Bonchev–Trinajstić information content (AvgIpc) is 2.81. The van der Waals surface area contributed by atoms with Gasteiger partial charge in [-0.15, -0.1) is 0 Å². The first kappa shape index (κ1) is 14.3. The molecule has 0 aliphatic carbocycles. The van der Waals surface area contributed by atoms with E-state index in [2.05, 4.69) is 11.4 Å². The number of rotatable bonds is 7. The lowest BCUT2D eigenvalue weighted by molar-refractivity contribution is -0.142. The van der Waals surface area contributed by atoms with Crippen molar-refractivity contribution in [2.24, 2.45) is 0 Å². The Balaban J connectivity index is 1.69. The van der Waals surface area contributed by atoms with E-state index < -0.39 is 5.97 Å². The van der Waals surface area contributed by atoms with Crippen LogP contribution in [0, 0.1) is 0 Å². The van der Waals surface area contributed by atoms with Crippen molar-refractivity contribution in [1.82, 2.24) is 5.32 Å². The van der Waals surface area contributed by atoms with E-state index in [1.54, 1.807) is 0 Å². The molecular weight excluding hydrogens is 260 g/mol. The number of anilines is 1. The third-order valence-electron chi connectivity index (χ3n) is 3.11. The van der Waals surface area contributed by atoms with Gasteiger partial charge >= 0.3 is 5.97 Å². The first-order valence-corrected chi connectivity index (χ1v) is 6.56. The summed E-state index contributed by atoms with van der Waals surface area (Å²) in [6, 6.07) is 8.07. The molecule has 1 aliphatic heterocycles. The van der Waals surface area contributed by atoms with E-state index in [9.17, 15) is 9.59 Å². The lowest BCUT2D eigenvalue weighted by Gasteiger charge is -2.18. The number of amides is 1. The van der Waals surface area contributed by atoms with Crippen molar-refractivity contribution in [3.63, 3.8) is 0 Å². The Morgan fingerprint density at radius 1 is 1.35 bits per heavy atom. The smallest absolute Gasteiger partial charge is 0.329 e. The zero-order valence-corrected chi connectivity index (χ0v) is 11.2. The maximum absolute atomic E-state index is 11.8. The molecule has 1 aromatic rings. The fraction of sp³-hybridized carbons (Fsp3) is 0.429. The summed E-state index contributed by atoms with van der Waals surface area (Å²) in [6.07, 6.45) is 0.963. The van der Waals surface area contributed by atoms with E-state index in [4.69, 9.17) is 9.84 Å². The number of aliphatic carboxylic acids is 1. The Morgan fingerprint density at radius 3 is 2.95 bits per heavy atom. The molecule has 0 unspecified atom stereocenters. The number of para-hydroxylation sites is 1. The van der Waals surface area contributed by atoms with Crippen LogP contribution in [0.3, 0.4) is 0 Å². The van der Waals surface area contributed by atoms with Crippen LogP contribution in [0.1, 0.15) is 5.56 Å². The van der Waals surface area contributed by atoms with E-state index in [0.717, 1.165) is 18.7 Å². The van der Waals surface area contributed by atoms with Crippen LogP contribution in [0.5, 0.6) is 0 Å². The second kappa shape index (κ2) is 6.91. The van der Waals surface area contributed by atoms with Gasteiger partial charge in [-0.25, -0.2) is 4.79 Å². The minimum Gasteiger partial charge on any atom is -0.480 e. The number of nitrogens with one attached hydrogen (secondary N) is 1. The second-order valence-electron chi connectivity index (χ2n) is 4.60. The van der Waals surface area contributed by atoms with Gasteiger partial charge in [0.15, 0.2) is 0 Å². The maximum Gasteiger partial charge on any atom is 0.329 e. The second-order valence-corrected chi connectivity index (χ2v) is 4.60.